The number of carbonyl (C=O) groups is 2. The van der Waals surface area contributed by atoms with E-state index < -0.39 is 24.9 Å². The molecule has 0 spiro atoms. The fourth-order valence-electron chi connectivity index (χ4n) is 2.72. The maximum absolute atomic E-state index is 12.4. The molecule has 2 aliphatic heterocycles. The van der Waals surface area contributed by atoms with Crippen LogP contribution in [0.25, 0.3) is 0 Å². The van der Waals surface area contributed by atoms with Gasteiger partial charge in [-0.2, -0.15) is 0 Å². The van der Waals surface area contributed by atoms with Gasteiger partial charge >= 0.3 is 29.6 Å². The number of hydrogen-bond donors (Lipinski definition) is 1. The number of nitrogens with zero attached hydrogens (tertiary/aromatic N) is 1. The molecular weight excluding hydrogens is 394 g/mol. The van der Waals surface area contributed by atoms with Gasteiger partial charge in [-0.25, -0.2) is 0 Å². The van der Waals surface area contributed by atoms with Crippen LogP contribution >= 0.6 is 30.7 Å². The third kappa shape index (κ3) is 4.09. The Labute approximate surface area is 176 Å². The van der Waals surface area contributed by atoms with Gasteiger partial charge in [-0.3, -0.25) is 14.5 Å². The second-order valence-electron chi connectivity index (χ2n) is 5.50. The Bertz CT molecular complexity index is 754. The molecule has 0 saturated carbocycles. The molecule has 2 amide bonds. The number of nitrogens with one attached hydrogen (secondary N) is 1. The minimum Gasteiger partial charge on any atom is -0.774 e. The van der Waals surface area contributed by atoms with Gasteiger partial charge in [-0.1, -0.05) is 6.07 Å². The summed E-state index contributed by atoms with van der Waals surface area (Å²) < 4.78 is 16.7. The Hall–Kier alpha value is -0.120. The van der Waals surface area contributed by atoms with Crippen molar-refractivity contribution in [1.82, 2.24) is 10.2 Å². The molecule has 0 bridgehead atoms. The Morgan fingerprint density at radius 3 is 2.88 bits per heavy atom. The van der Waals surface area contributed by atoms with Gasteiger partial charge in [0.05, 0.1) is 11.9 Å². The normalized spacial score (nSPS) is 24.8. The first-order chi connectivity index (χ1) is 11.3. The summed E-state index contributed by atoms with van der Waals surface area (Å²) in [5.41, 5.74) is 0.510. The first-order valence-electron chi connectivity index (χ1n) is 7.18. The molecule has 2 aliphatic rings. The van der Waals surface area contributed by atoms with Crippen molar-refractivity contribution in [3.05, 3.63) is 33.4 Å². The Morgan fingerprint density at radius 2 is 2.28 bits per heavy atom. The van der Waals surface area contributed by atoms with E-state index in [9.17, 15) is 19.0 Å². The Morgan fingerprint density at radius 1 is 1.56 bits per heavy atom. The Balaban J connectivity index is 0.00000225. The number of β-lactam (4-membered cyclic amide) rings is 1. The van der Waals surface area contributed by atoms with E-state index in [0.717, 1.165) is 12.0 Å². The number of rotatable bonds is 5. The molecule has 1 aromatic rings. The van der Waals surface area contributed by atoms with Gasteiger partial charge in [0.1, 0.15) is 11.4 Å². The summed E-state index contributed by atoms with van der Waals surface area (Å²) in [6, 6.07) is 3.00. The molecule has 25 heavy (non-hydrogen) atoms. The SMILES string of the molecule is COP(=O)([O-])C1=C(C)CS[C@@H]2[C@H](NC(=O)Cc3cccs3)C(=O)N12.[Na+]. The molecule has 1 unspecified atom stereocenters. The number of fused-ring (bicyclic) bond motifs is 1. The topological polar surface area (TPSA) is 98.8 Å². The van der Waals surface area contributed by atoms with E-state index >= 15 is 0 Å². The number of carbonyl (C=O) groups excluding carboxylic acids is 2. The van der Waals surface area contributed by atoms with E-state index in [0.29, 0.717) is 11.3 Å². The van der Waals surface area contributed by atoms with Crippen LogP contribution in [0.1, 0.15) is 11.8 Å². The molecule has 0 aromatic carbocycles. The van der Waals surface area contributed by atoms with Crippen LogP contribution in [0.5, 0.6) is 0 Å². The number of thiophene rings is 1. The minimum absolute atomic E-state index is 0. The zero-order chi connectivity index (χ0) is 17.5. The zero-order valence-electron chi connectivity index (χ0n) is 14.1. The summed E-state index contributed by atoms with van der Waals surface area (Å²) in [6.45, 7) is 1.66. The first-order valence-corrected chi connectivity index (χ1v) is 10.7. The van der Waals surface area contributed by atoms with Crippen LogP contribution in [0.2, 0.25) is 0 Å². The van der Waals surface area contributed by atoms with Crippen molar-refractivity contribution >= 4 is 42.5 Å². The predicted octanol–water partition coefficient (Wildman–Crippen LogP) is -1.87. The quantitative estimate of drug-likeness (QED) is 0.347. The van der Waals surface area contributed by atoms with E-state index in [1.165, 1.54) is 28.0 Å². The second kappa shape index (κ2) is 8.27. The summed E-state index contributed by atoms with van der Waals surface area (Å²) >= 11 is 2.90. The number of thioether (sulfide) groups is 1. The molecule has 130 valence electrons. The van der Waals surface area contributed by atoms with E-state index in [1.54, 1.807) is 6.92 Å². The van der Waals surface area contributed by atoms with E-state index in [2.05, 4.69) is 9.84 Å². The monoisotopic (exact) mass is 410 g/mol. The van der Waals surface area contributed by atoms with Crippen molar-refractivity contribution in [2.24, 2.45) is 0 Å². The summed E-state index contributed by atoms with van der Waals surface area (Å²) in [4.78, 5) is 38.7. The van der Waals surface area contributed by atoms with Crippen LogP contribution in [0.15, 0.2) is 28.5 Å². The smallest absolute Gasteiger partial charge is 0.774 e. The van der Waals surface area contributed by atoms with Gasteiger partial charge in [0.2, 0.25) is 5.91 Å². The van der Waals surface area contributed by atoms with Crippen molar-refractivity contribution in [1.29, 1.82) is 0 Å². The maximum atomic E-state index is 12.4. The minimum atomic E-state index is -4.28. The van der Waals surface area contributed by atoms with Crippen LogP contribution in [0, 0.1) is 0 Å². The van der Waals surface area contributed by atoms with Gasteiger partial charge in [0.25, 0.3) is 5.91 Å². The van der Waals surface area contributed by atoms with Crippen molar-refractivity contribution < 1.29 is 53.1 Å². The number of hydrogen-bond acceptors (Lipinski definition) is 7. The van der Waals surface area contributed by atoms with Gasteiger partial charge in [-0.15, -0.1) is 23.1 Å². The van der Waals surface area contributed by atoms with E-state index in [4.69, 9.17) is 0 Å². The van der Waals surface area contributed by atoms with Crippen molar-refractivity contribution in [3.8, 4) is 0 Å². The largest absolute Gasteiger partial charge is 1.00 e. The van der Waals surface area contributed by atoms with Crippen molar-refractivity contribution in [2.75, 3.05) is 12.9 Å². The third-order valence-electron chi connectivity index (χ3n) is 3.85. The van der Waals surface area contributed by atoms with Crippen LogP contribution in [0.4, 0.5) is 0 Å². The first kappa shape index (κ1) is 21.2. The molecular formula is C14H16N2NaO5PS2. The summed E-state index contributed by atoms with van der Waals surface area (Å²) in [5.74, 6) is -0.202. The summed E-state index contributed by atoms with van der Waals surface area (Å²) in [7, 11) is -3.20. The van der Waals surface area contributed by atoms with Gasteiger partial charge in [0, 0.05) is 17.7 Å². The van der Waals surface area contributed by atoms with E-state index in [-0.39, 0.29) is 47.3 Å². The molecule has 3 atom stereocenters. The molecule has 3 heterocycles. The standard InChI is InChI=1S/C14H17N2O5PS2.Na/c1-8-7-24-14-11(15-10(17)6-9-4-3-5-23-9)12(18)16(14)13(8)22(19,20)21-2;/h3-5,11,14H,6-7H2,1-2H3,(H,15,17)(H,19,20);/q;+1/p-1/t11-,14-;/m1./s1. The van der Waals surface area contributed by atoms with Gasteiger partial charge in [-0.05, 0) is 23.9 Å². The molecule has 0 radical (unpaired) electrons. The average Bonchev–Trinajstić information content (AvgIpc) is 3.05. The van der Waals surface area contributed by atoms with Gasteiger partial charge < -0.3 is 19.3 Å². The van der Waals surface area contributed by atoms with Crippen LogP contribution in [-0.4, -0.2) is 41.0 Å². The molecule has 1 aromatic heterocycles. The third-order valence-corrected chi connectivity index (χ3v) is 7.75. The Kier molecular flexibility index (Phi) is 7.01. The van der Waals surface area contributed by atoms with Crippen LogP contribution in [-0.2, 0) is 25.1 Å². The average molecular weight is 410 g/mol. The van der Waals surface area contributed by atoms with Crippen LogP contribution in [0.3, 0.4) is 0 Å². The molecule has 7 nitrogen and oxygen atoms in total. The van der Waals surface area contributed by atoms with Crippen molar-refractivity contribution in [3.63, 3.8) is 0 Å². The zero-order valence-corrected chi connectivity index (χ0v) is 18.6. The van der Waals surface area contributed by atoms with E-state index in [1.807, 2.05) is 17.5 Å². The van der Waals surface area contributed by atoms with Crippen LogP contribution < -0.4 is 39.8 Å². The molecule has 1 saturated heterocycles. The second-order valence-corrected chi connectivity index (χ2v) is 9.42. The molecule has 3 rings (SSSR count). The molecule has 1 N–H and O–H groups in total. The molecule has 11 heteroatoms. The molecule has 0 aliphatic carbocycles. The number of amides is 2. The fourth-order valence-corrected chi connectivity index (χ4v) is 6.11. The predicted molar refractivity (Wildman–Crippen MR) is 90.4 cm³/mol. The summed E-state index contributed by atoms with van der Waals surface area (Å²) in [6.07, 6.45) is 0.207. The summed E-state index contributed by atoms with van der Waals surface area (Å²) in [5, 5.41) is 4.17. The maximum Gasteiger partial charge on any atom is 1.00 e. The van der Waals surface area contributed by atoms with Gasteiger partial charge in [0.15, 0.2) is 7.60 Å². The molecule has 1 fully saturated rings. The fraction of sp³-hybridized carbons (Fsp3) is 0.429. The van der Waals surface area contributed by atoms with Crippen molar-refractivity contribution in [2.45, 2.75) is 24.8 Å².